The number of hydrogen-bond acceptors (Lipinski definition) is 4. The molecule has 1 aromatic heterocycles. The normalized spacial score (nSPS) is 25.1. The fourth-order valence-electron chi connectivity index (χ4n) is 3.64. The van der Waals surface area contributed by atoms with Gasteiger partial charge in [-0.05, 0) is 49.8 Å². The molecule has 0 bridgehead atoms. The first kappa shape index (κ1) is 22.3. The maximum absolute atomic E-state index is 10.4. The van der Waals surface area contributed by atoms with Gasteiger partial charge in [0.25, 0.3) is 0 Å². The summed E-state index contributed by atoms with van der Waals surface area (Å²) in [6.45, 7) is 4.68. The number of aryl methyl sites for hydroxylation is 3. The van der Waals surface area contributed by atoms with E-state index in [1.807, 2.05) is 0 Å². The van der Waals surface area contributed by atoms with Crippen LogP contribution in [0.15, 0.2) is 24.4 Å². The standard InChI is InChI=1S/C20H25ClNO2S.Y/c1-13-6-7-14(2)19(10-13)24-12-16-15(18(23)11-17(16)21)4-3-5-20-22-8-9-25-20;/h6-8,10,15-18,23H,3-5,11-12H2,1-2H3;/q-1;/t15-,16-,17?,18?;/m1./s1. The summed E-state index contributed by atoms with van der Waals surface area (Å²) in [7, 11) is 0. The number of thiazole rings is 1. The number of nitrogens with zero attached hydrogens (tertiary/aromatic N) is 1. The third-order valence-electron chi connectivity index (χ3n) is 5.12. The van der Waals surface area contributed by atoms with Crippen LogP contribution < -0.4 is 4.74 Å². The van der Waals surface area contributed by atoms with Crippen LogP contribution in [-0.2, 0) is 39.1 Å². The molecular weight excluding hydrogens is 443 g/mol. The topological polar surface area (TPSA) is 42.4 Å². The molecule has 0 spiro atoms. The van der Waals surface area contributed by atoms with Crippen molar-refractivity contribution in [3.63, 3.8) is 0 Å². The fraction of sp³-hybridized carbons (Fsp3) is 0.550. The zero-order chi connectivity index (χ0) is 17.8. The van der Waals surface area contributed by atoms with E-state index in [1.54, 1.807) is 17.5 Å². The molecule has 1 aliphatic rings. The van der Waals surface area contributed by atoms with E-state index in [0.29, 0.717) is 13.0 Å². The van der Waals surface area contributed by atoms with Crippen molar-refractivity contribution < 1.29 is 42.6 Å². The molecule has 1 heterocycles. The molecule has 2 unspecified atom stereocenters. The van der Waals surface area contributed by atoms with Gasteiger partial charge in [0.1, 0.15) is 5.75 Å². The summed E-state index contributed by atoms with van der Waals surface area (Å²) in [6.07, 6.45) is 4.93. The Balaban J connectivity index is 0.00000243. The largest absolute Gasteiger partial charge is 0.493 e. The van der Waals surface area contributed by atoms with Crippen molar-refractivity contribution in [2.45, 2.75) is 51.0 Å². The fourth-order valence-corrected chi connectivity index (χ4v) is 4.68. The molecular formula is C20H25ClNO2SY-. The van der Waals surface area contributed by atoms with Crippen molar-refractivity contribution in [1.82, 2.24) is 4.98 Å². The molecule has 1 radical (unpaired) electrons. The number of rotatable bonds is 7. The number of alkyl halides is 1. The van der Waals surface area contributed by atoms with Gasteiger partial charge in [-0.2, -0.15) is 5.38 Å². The summed E-state index contributed by atoms with van der Waals surface area (Å²) in [5.74, 6) is 1.29. The van der Waals surface area contributed by atoms with E-state index in [1.165, 1.54) is 5.56 Å². The molecule has 6 heteroatoms. The minimum Gasteiger partial charge on any atom is -0.493 e. The Morgan fingerprint density at radius 3 is 2.88 bits per heavy atom. The molecule has 139 valence electrons. The van der Waals surface area contributed by atoms with Crippen molar-refractivity contribution in [3.8, 4) is 5.75 Å². The van der Waals surface area contributed by atoms with Crippen LogP contribution in [0.2, 0.25) is 0 Å². The van der Waals surface area contributed by atoms with Gasteiger partial charge in [0.2, 0.25) is 0 Å². The average molecular weight is 468 g/mol. The monoisotopic (exact) mass is 467 g/mol. The van der Waals surface area contributed by atoms with Gasteiger partial charge in [0, 0.05) is 44.0 Å². The molecule has 1 aliphatic carbocycles. The smallest absolute Gasteiger partial charge is 0.122 e. The summed E-state index contributed by atoms with van der Waals surface area (Å²) < 4.78 is 6.09. The van der Waals surface area contributed by atoms with Crippen molar-refractivity contribution >= 4 is 22.9 Å². The van der Waals surface area contributed by atoms with E-state index in [-0.39, 0.29) is 56.0 Å². The van der Waals surface area contributed by atoms with E-state index in [4.69, 9.17) is 16.3 Å². The molecule has 26 heavy (non-hydrogen) atoms. The number of hydrogen-bond donors (Lipinski definition) is 1. The summed E-state index contributed by atoms with van der Waals surface area (Å²) >= 11 is 8.10. The Labute approximate surface area is 190 Å². The van der Waals surface area contributed by atoms with Gasteiger partial charge in [-0.3, -0.25) is 0 Å². The number of aromatic nitrogens is 1. The minimum atomic E-state index is -0.336. The Bertz CT molecular complexity index is 682. The van der Waals surface area contributed by atoms with Crippen LogP contribution in [-0.4, -0.2) is 28.2 Å². The van der Waals surface area contributed by atoms with E-state index in [0.717, 1.165) is 35.6 Å². The van der Waals surface area contributed by atoms with Crippen LogP contribution in [0.1, 0.15) is 35.4 Å². The predicted molar refractivity (Wildman–Crippen MR) is 103 cm³/mol. The van der Waals surface area contributed by atoms with Gasteiger partial charge in [0.15, 0.2) is 0 Å². The SMILES string of the molecule is Cc1ccc(C)c(OC[C@H]2C(Cl)CC(O)[C@@H]2CCCc2nc[c-]s2)c1.[Y]. The van der Waals surface area contributed by atoms with Gasteiger partial charge < -0.3 is 26.2 Å². The summed E-state index contributed by atoms with van der Waals surface area (Å²) in [5, 5.41) is 14.5. The second-order valence-corrected chi connectivity index (χ2v) is 8.46. The molecule has 1 saturated carbocycles. The van der Waals surface area contributed by atoms with Crippen LogP contribution in [0.25, 0.3) is 0 Å². The Morgan fingerprint density at radius 2 is 2.15 bits per heavy atom. The summed E-state index contributed by atoms with van der Waals surface area (Å²) in [5.41, 5.74) is 2.32. The van der Waals surface area contributed by atoms with Crippen molar-refractivity contribution in [1.29, 1.82) is 0 Å². The molecule has 0 amide bonds. The van der Waals surface area contributed by atoms with Gasteiger partial charge in [-0.15, -0.1) is 11.6 Å². The molecule has 4 atom stereocenters. The van der Waals surface area contributed by atoms with Crippen LogP contribution in [0.4, 0.5) is 0 Å². The number of ether oxygens (including phenoxy) is 1. The van der Waals surface area contributed by atoms with E-state index in [9.17, 15) is 5.11 Å². The molecule has 0 aliphatic heterocycles. The van der Waals surface area contributed by atoms with Crippen molar-refractivity contribution in [2.75, 3.05) is 6.61 Å². The molecule has 1 aromatic carbocycles. The van der Waals surface area contributed by atoms with E-state index < -0.39 is 0 Å². The van der Waals surface area contributed by atoms with Crippen LogP contribution in [0.3, 0.4) is 0 Å². The molecule has 1 N–H and O–H groups in total. The number of halogens is 1. The van der Waals surface area contributed by atoms with Crippen LogP contribution >= 0.6 is 22.9 Å². The molecule has 3 rings (SSSR count). The van der Waals surface area contributed by atoms with E-state index in [2.05, 4.69) is 42.4 Å². The first-order chi connectivity index (χ1) is 12.0. The van der Waals surface area contributed by atoms with Crippen molar-refractivity contribution in [2.24, 2.45) is 11.8 Å². The summed E-state index contributed by atoms with van der Waals surface area (Å²) in [6, 6.07) is 6.23. The van der Waals surface area contributed by atoms with Gasteiger partial charge in [-0.1, -0.05) is 36.2 Å². The number of benzene rings is 1. The van der Waals surface area contributed by atoms with Gasteiger partial charge in [-0.25, -0.2) is 0 Å². The first-order valence-corrected chi connectivity index (χ1v) is 10.1. The second-order valence-electron chi connectivity index (χ2n) is 6.99. The number of aliphatic hydroxyl groups excluding tert-OH is 1. The summed E-state index contributed by atoms with van der Waals surface area (Å²) in [4.78, 5) is 4.28. The first-order valence-electron chi connectivity index (χ1n) is 8.87. The maximum atomic E-state index is 10.4. The van der Waals surface area contributed by atoms with Crippen LogP contribution in [0, 0.1) is 31.1 Å². The van der Waals surface area contributed by atoms with E-state index >= 15 is 0 Å². The molecule has 1 fully saturated rings. The second kappa shape index (κ2) is 10.5. The third-order valence-corrected chi connectivity index (χ3v) is 6.39. The van der Waals surface area contributed by atoms with Crippen molar-refractivity contribution in [3.05, 3.63) is 45.9 Å². The molecule has 0 saturated heterocycles. The average Bonchev–Trinajstić information content (AvgIpc) is 3.18. The zero-order valence-electron chi connectivity index (χ0n) is 15.3. The molecule has 3 nitrogen and oxygen atoms in total. The maximum Gasteiger partial charge on any atom is 0.122 e. The molecule has 2 aromatic rings. The van der Waals surface area contributed by atoms with Gasteiger partial charge >= 0.3 is 0 Å². The minimum absolute atomic E-state index is 0. The zero-order valence-corrected chi connectivity index (χ0v) is 19.7. The Morgan fingerprint density at radius 1 is 1.35 bits per heavy atom. The Kier molecular flexibility index (Phi) is 9.02. The van der Waals surface area contributed by atoms with Crippen LogP contribution in [0.5, 0.6) is 5.75 Å². The van der Waals surface area contributed by atoms with Gasteiger partial charge in [0.05, 0.1) is 12.7 Å². The quantitative estimate of drug-likeness (QED) is 0.479. The number of aliphatic hydroxyl groups is 1. The third kappa shape index (κ3) is 5.75. The Hall–Kier alpha value is 0.00390. The predicted octanol–water partition coefficient (Wildman–Crippen LogP) is 4.56.